The van der Waals surface area contributed by atoms with Crippen molar-refractivity contribution >= 4 is 23.5 Å². The topological polar surface area (TPSA) is 75.6 Å². The summed E-state index contributed by atoms with van der Waals surface area (Å²) in [5.74, 6) is -1.55. The normalized spacial score (nSPS) is 11.7. The smallest absolute Gasteiger partial charge is 0.308 e. The highest BCUT2D eigenvalue weighted by Gasteiger charge is 2.14. The van der Waals surface area contributed by atoms with E-state index in [2.05, 4.69) is 5.32 Å². The summed E-state index contributed by atoms with van der Waals surface area (Å²) in [6.07, 6.45) is 0. The van der Waals surface area contributed by atoms with Crippen LogP contribution >= 0.6 is 11.6 Å². The van der Waals surface area contributed by atoms with Gasteiger partial charge in [-0.3, -0.25) is 9.59 Å². The molecule has 0 heterocycles. The Morgan fingerprint density at radius 1 is 1.50 bits per heavy atom. The fourth-order valence-electron chi connectivity index (χ4n) is 1.24. The Morgan fingerprint density at radius 3 is 2.72 bits per heavy atom. The quantitative estimate of drug-likeness (QED) is 0.856. The summed E-state index contributed by atoms with van der Waals surface area (Å²) in [5, 5.41) is 11.6. The van der Waals surface area contributed by atoms with Crippen LogP contribution in [-0.2, 0) is 4.79 Å². The first-order valence-electron chi connectivity index (χ1n) is 5.30. The molecule has 1 atom stereocenters. The molecule has 1 amide bonds. The fraction of sp³-hybridized carbons (Fsp3) is 0.333. The van der Waals surface area contributed by atoms with Crippen LogP contribution in [0.1, 0.15) is 17.3 Å². The molecule has 2 N–H and O–H groups in total. The Balaban J connectivity index is 2.70. The molecule has 0 spiro atoms. The second-order valence-electron chi connectivity index (χ2n) is 3.80. The largest absolute Gasteiger partial charge is 0.495 e. The number of carboxylic acid groups (broad SMARTS) is 1. The van der Waals surface area contributed by atoms with Crippen molar-refractivity contribution in [3.63, 3.8) is 0 Å². The number of hydrogen-bond donors (Lipinski definition) is 2. The van der Waals surface area contributed by atoms with Crippen molar-refractivity contribution in [1.29, 1.82) is 0 Å². The van der Waals surface area contributed by atoms with Gasteiger partial charge >= 0.3 is 5.97 Å². The molecule has 98 valence electrons. The first kappa shape index (κ1) is 14.3. The molecule has 5 nitrogen and oxygen atoms in total. The van der Waals surface area contributed by atoms with E-state index in [1.54, 1.807) is 12.1 Å². The van der Waals surface area contributed by atoms with Crippen molar-refractivity contribution in [1.82, 2.24) is 5.32 Å². The Morgan fingerprint density at radius 2 is 2.17 bits per heavy atom. The molecule has 0 aliphatic carbocycles. The SMILES string of the molecule is COc1cc(C(=O)NCC(C)C(=O)O)ccc1Cl. The van der Waals surface area contributed by atoms with Crippen molar-refractivity contribution in [3.8, 4) is 5.75 Å². The number of benzene rings is 1. The van der Waals surface area contributed by atoms with Gasteiger partial charge in [0.1, 0.15) is 5.75 Å². The molecule has 0 aliphatic heterocycles. The average molecular weight is 272 g/mol. The van der Waals surface area contributed by atoms with Crippen LogP contribution in [0.25, 0.3) is 0 Å². The number of methoxy groups -OCH3 is 1. The van der Waals surface area contributed by atoms with E-state index in [1.807, 2.05) is 0 Å². The minimum Gasteiger partial charge on any atom is -0.495 e. The van der Waals surface area contributed by atoms with Gasteiger partial charge in [-0.05, 0) is 18.2 Å². The number of amides is 1. The van der Waals surface area contributed by atoms with Crippen molar-refractivity contribution in [2.45, 2.75) is 6.92 Å². The van der Waals surface area contributed by atoms with E-state index < -0.39 is 11.9 Å². The molecule has 1 rings (SSSR count). The van der Waals surface area contributed by atoms with Gasteiger partial charge < -0.3 is 15.2 Å². The zero-order valence-electron chi connectivity index (χ0n) is 10.1. The minimum atomic E-state index is -0.955. The summed E-state index contributed by atoms with van der Waals surface area (Å²) in [5.41, 5.74) is 0.369. The second kappa shape index (κ2) is 6.26. The highest BCUT2D eigenvalue weighted by molar-refractivity contribution is 6.32. The lowest BCUT2D eigenvalue weighted by molar-refractivity contribution is -0.140. The number of carbonyl (C=O) groups excluding carboxylic acids is 1. The van der Waals surface area contributed by atoms with Crippen molar-refractivity contribution < 1.29 is 19.4 Å². The number of carbonyl (C=O) groups is 2. The minimum absolute atomic E-state index is 0.0686. The summed E-state index contributed by atoms with van der Waals surface area (Å²) < 4.78 is 4.99. The Bertz CT molecular complexity index is 461. The number of nitrogens with one attached hydrogen (secondary N) is 1. The third-order valence-electron chi connectivity index (χ3n) is 2.40. The van der Waals surface area contributed by atoms with E-state index in [-0.39, 0.29) is 12.5 Å². The predicted octanol–water partition coefficient (Wildman–Crippen LogP) is 1.80. The van der Waals surface area contributed by atoms with Crippen LogP contribution in [0.2, 0.25) is 5.02 Å². The van der Waals surface area contributed by atoms with Gasteiger partial charge in [0, 0.05) is 12.1 Å². The highest BCUT2D eigenvalue weighted by Crippen LogP contribution is 2.24. The van der Waals surface area contributed by atoms with Crippen molar-refractivity contribution in [2.24, 2.45) is 5.92 Å². The molecule has 0 saturated heterocycles. The van der Waals surface area contributed by atoms with Crippen LogP contribution in [0.5, 0.6) is 5.75 Å². The molecule has 0 saturated carbocycles. The number of aliphatic carboxylic acids is 1. The molecule has 1 unspecified atom stereocenters. The van der Waals surface area contributed by atoms with Gasteiger partial charge in [0.2, 0.25) is 0 Å². The summed E-state index contributed by atoms with van der Waals surface area (Å²) >= 11 is 5.84. The standard InChI is InChI=1S/C12H14ClNO4/c1-7(12(16)17)6-14-11(15)8-3-4-9(13)10(5-8)18-2/h3-5,7H,6H2,1-2H3,(H,14,15)(H,16,17). The van der Waals surface area contributed by atoms with E-state index in [1.165, 1.54) is 20.1 Å². The zero-order chi connectivity index (χ0) is 13.7. The van der Waals surface area contributed by atoms with Gasteiger partial charge in [-0.15, -0.1) is 0 Å². The van der Waals surface area contributed by atoms with Gasteiger partial charge in [-0.1, -0.05) is 18.5 Å². The summed E-state index contributed by atoms with van der Waals surface area (Å²) in [6, 6.07) is 4.60. The molecule has 0 fully saturated rings. The second-order valence-corrected chi connectivity index (χ2v) is 4.21. The number of hydrogen-bond acceptors (Lipinski definition) is 3. The van der Waals surface area contributed by atoms with Crippen LogP contribution < -0.4 is 10.1 Å². The molecule has 0 bridgehead atoms. The monoisotopic (exact) mass is 271 g/mol. The third-order valence-corrected chi connectivity index (χ3v) is 2.72. The van der Waals surface area contributed by atoms with Gasteiger partial charge in [0.15, 0.2) is 0 Å². The van der Waals surface area contributed by atoms with Crippen molar-refractivity contribution in [3.05, 3.63) is 28.8 Å². The summed E-state index contributed by atoms with van der Waals surface area (Å²) in [7, 11) is 1.45. The maximum absolute atomic E-state index is 11.7. The number of halogens is 1. The Hall–Kier alpha value is -1.75. The molecular formula is C12H14ClNO4. The maximum Gasteiger partial charge on any atom is 0.308 e. The van der Waals surface area contributed by atoms with Gasteiger partial charge in [-0.2, -0.15) is 0 Å². The number of ether oxygens (including phenoxy) is 1. The predicted molar refractivity (Wildman–Crippen MR) is 67.1 cm³/mol. The summed E-state index contributed by atoms with van der Waals surface area (Å²) in [6.45, 7) is 1.59. The van der Waals surface area contributed by atoms with Gasteiger partial charge in [0.25, 0.3) is 5.91 Å². The fourth-order valence-corrected chi connectivity index (χ4v) is 1.43. The summed E-state index contributed by atoms with van der Waals surface area (Å²) in [4.78, 5) is 22.4. The van der Waals surface area contributed by atoms with Crippen LogP contribution in [0.15, 0.2) is 18.2 Å². The van der Waals surface area contributed by atoms with Crippen LogP contribution in [0.4, 0.5) is 0 Å². The number of carboxylic acids is 1. The van der Waals surface area contributed by atoms with E-state index in [4.69, 9.17) is 21.4 Å². The van der Waals surface area contributed by atoms with E-state index in [0.29, 0.717) is 16.3 Å². The molecule has 0 aromatic heterocycles. The van der Waals surface area contributed by atoms with Crippen molar-refractivity contribution in [2.75, 3.05) is 13.7 Å². The van der Waals surface area contributed by atoms with Crippen LogP contribution in [0, 0.1) is 5.92 Å². The van der Waals surface area contributed by atoms with Gasteiger partial charge in [-0.25, -0.2) is 0 Å². The van der Waals surface area contributed by atoms with E-state index >= 15 is 0 Å². The molecular weight excluding hydrogens is 258 g/mol. The molecule has 6 heteroatoms. The Labute approximate surface area is 110 Å². The lowest BCUT2D eigenvalue weighted by atomic mass is 10.1. The molecule has 1 aromatic carbocycles. The molecule has 18 heavy (non-hydrogen) atoms. The first-order chi connectivity index (χ1) is 8.45. The number of rotatable bonds is 5. The van der Waals surface area contributed by atoms with Crippen LogP contribution in [-0.4, -0.2) is 30.6 Å². The average Bonchev–Trinajstić information content (AvgIpc) is 2.35. The third kappa shape index (κ3) is 3.63. The van der Waals surface area contributed by atoms with Crippen LogP contribution in [0.3, 0.4) is 0 Å². The maximum atomic E-state index is 11.7. The molecule has 1 aromatic rings. The van der Waals surface area contributed by atoms with Gasteiger partial charge in [0.05, 0.1) is 18.1 Å². The highest BCUT2D eigenvalue weighted by atomic mass is 35.5. The molecule has 0 radical (unpaired) electrons. The lowest BCUT2D eigenvalue weighted by Crippen LogP contribution is -2.31. The van der Waals surface area contributed by atoms with E-state index in [0.717, 1.165) is 0 Å². The first-order valence-corrected chi connectivity index (χ1v) is 5.68. The zero-order valence-corrected chi connectivity index (χ0v) is 10.8. The van der Waals surface area contributed by atoms with E-state index in [9.17, 15) is 9.59 Å². The Kier molecular flexibility index (Phi) is 4.97. The lowest BCUT2D eigenvalue weighted by Gasteiger charge is -2.09. The molecule has 0 aliphatic rings.